The first-order chi connectivity index (χ1) is 16.0. The van der Waals surface area contributed by atoms with E-state index in [2.05, 4.69) is 20.0 Å². The van der Waals surface area contributed by atoms with Gasteiger partial charge in [0.15, 0.2) is 0 Å². The molecule has 168 valence electrons. The molecule has 0 aliphatic heterocycles. The Hall–Kier alpha value is -3.91. The standard InChI is InChI=1S/C25H24N4O3S/c1-2-22(24-26-17-23(27-24)18-10-5-3-6-11-18)28-25(30)19-12-9-13-20(16-19)29-33(31,32)21-14-7-4-8-15-21/h3-17,22,29H,2H2,1H3,(H,26,27)(H,28,30). The topological polar surface area (TPSA) is 104 Å². The third kappa shape index (κ3) is 5.30. The van der Waals surface area contributed by atoms with E-state index in [9.17, 15) is 13.2 Å². The van der Waals surface area contributed by atoms with Gasteiger partial charge >= 0.3 is 0 Å². The molecule has 4 aromatic rings. The van der Waals surface area contributed by atoms with Gasteiger partial charge < -0.3 is 10.3 Å². The van der Waals surface area contributed by atoms with Crippen molar-refractivity contribution in [1.82, 2.24) is 15.3 Å². The van der Waals surface area contributed by atoms with Crippen LogP contribution in [0.4, 0.5) is 5.69 Å². The first-order valence-corrected chi connectivity index (χ1v) is 12.0. The second-order valence-electron chi connectivity index (χ2n) is 7.48. The van der Waals surface area contributed by atoms with Crippen LogP contribution in [0.1, 0.15) is 35.6 Å². The fraction of sp³-hybridized carbons (Fsp3) is 0.120. The summed E-state index contributed by atoms with van der Waals surface area (Å²) in [6.45, 7) is 1.96. The van der Waals surface area contributed by atoms with Crippen LogP contribution < -0.4 is 10.0 Å². The van der Waals surface area contributed by atoms with E-state index in [1.54, 1.807) is 42.6 Å². The van der Waals surface area contributed by atoms with E-state index in [0.29, 0.717) is 23.5 Å². The zero-order chi connectivity index (χ0) is 23.3. The molecule has 0 aliphatic carbocycles. The minimum Gasteiger partial charge on any atom is -0.342 e. The Morgan fingerprint density at radius 2 is 1.67 bits per heavy atom. The number of aromatic amines is 1. The van der Waals surface area contributed by atoms with Gasteiger partial charge in [-0.1, -0.05) is 61.5 Å². The molecular weight excluding hydrogens is 436 g/mol. The van der Waals surface area contributed by atoms with Gasteiger partial charge in [-0.15, -0.1) is 0 Å². The fourth-order valence-corrected chi connectivity index (χ4v) is 4.49. The van der Waals surface area contributed by atoms with E-state index in [-0.39, 0.29) is 16.8 Å². The second-order valence-corrected chi connectivity index (χ2v) is 9.16. The highest BCUT2D eigenvalue weighted by atomic mass is 32.2. The Bertz CT molecular complexity index is 1340. The summed E-state index contributed by atoms with van der Waals surface area (Å²) in [7, 11) is -3.75. The summed E-state index contributed by atoms with van der Waals surface area (Å²) in [4.78, 5) is 20.8. The van der Waals surface area contributed by atoms with E-state index in [0.717, 1.165) is 11.3 Å². The van der Waals surface area contributed by atoms with Gasteiger partial charge in [0.1, 0.15) is 5.82 Å². The molecule has 1 amide bonds. The van der Waals surface area contributed by atoms with Gasteiger partial charge in [-0.25, -0.2) is 13.4 Å². The maximum Gasteiger partial charge on any atom is 0.261 e. The fourth-order valence-electron chi connectivity index (χ4n) is 3.42. The molecule has 1 aromatic heterocycles. The average molecular weight is 461 g/mol. The quantitative estimate of drug-likeness (QED) is 0.353. The Kier molecular flexibility index (Phi) is 6.55. The molecular formula is C25H24N4O3S. The summed E-state index contributed by atoms with van der Waals surface area (Å²) in [5, 5.41) is 2.98. The molecule has 0 aliphatic rings. The van der Waals surface area contributed by atoms with Crippen LogP contribution in [0.3, 0.4) is 0 Å². The predicted molar refractivity (Wildman–Crippen MR) is 128 cm³/mol. The number of hydrogen-bond donors (Lipinski definition) is 3. The number of carbonyl (C=O) groups is 1. The zero-order valence-corrected chi connectivity index (χ0v) is 18.8. The number of aromatic nitrogens is 2. The first kappa shape index (κ1) is 22.3. The third-order valence-electron chi connectivity index (χ3n) is 5.15. The van der Waals surface area contributed by atoms with Crippen LogP contribution in [0.25, 0.3) is 11.3 Å². The Morgan fingerprint density at radius 1 is 0.970 bits per heavy atom. The van der Waals surface area contributed by atoms with E-state index < -0.39 is 10.0 Å². The number of nitrogens with one attached hydrogen (secondary N) is 3. The molecule has 0 bridgehead atoms. The van der Waals surface area contributed by atoms with E-state index in [4.69, 9.17) is 0 Å². The van der Waals surface area contributed by atoms with Crippen molar-refractivity contribution in [2.45, 2.75) is 24.3 Å². The van der Waals surface area contributed by atoms with Gasteiger partial charge in [-0.3, -0.25) is 9.52 Å². The number of carbonyl (C=O) groups excluding carboxylic acids is 1. The molecule has 0 saturated heterocycles. The summed E-state index contributed by atoms with van der Waals surface area (Å²) in [5.74, 6) is 0.339. The molecule has 1 atom stereocenters. The second kappa shape index (κ2) is 9.70. The molecule has 0 saturated carbocycles. The number of H-pyrrole nitrogens is 1. The third-order valence-corrected chi connectivity index (χ3v) is 6.55. The van der Waals surface area contributed by atoms with Gasteiger partial charge in [0.25, 0.3) is 15.9 Å². The molecule has 0 radical (unpaired) electrons. The number of imidazole rings is 1. The molecule has 7 nitrogen and oxygen atoms in total. The van der Waals surface area contributed by atoms with Crippen molar-refractivity contribution in [3.05, 3.63) is 103 Å². The van der Waals surface area contributed by atoms with Crippen molar-refractivity contribution < 1.29 is 13.2 Å². The average Bonchev–Trinajstić information content (AvgIpc) is 3.33. The zero-order valence-electron chi connectivity index (χ0n) is 18.0. The van der Waals surface area contributed by atoms with Gasteiger partial charge in [0, 0.05) is 11.3 Å². The minimum absolute atomic E-state index is 0.151. The monoisotopic (exact) mass is 460 g/mol. The van der Waals surface area contributed by atoms with Crippen LogP contribution in [-0.2, 0) is 10.0 Å². The van der Waals surface area contributed by atoms with Gasteiger partial charge in [0.2, 0.25) is 0 Å². The maximum absolute atomic E-state index is 12.9. The Balaban J connectivity index is 1.49. The van der Waals surface area contributed by atoms with Crippen molar-refractivity contribution in [2.75, 3.05) is 4.72 Å². The van der Waals surface area contributed by atoms with Gasteiger partial charge in [-0.2, -0.15) is 0 Å². The molecule has 0 fully saturated rings. The highest BCUT2D eigenvalue weighted by Crippen LogP contribution is 2.22. The Labute approximate surface area is 193 Å². The summed E-state index contributed by atoms with van der Waals surface area (Å²) < 4.78 is 27.7. The molecule has 4 rings (SSSR count). The number of anilines is 1. The van der Waals surface area contributed by atoms with Crippen molar-refractivity contribution in [1.29, 1.82) is 0 Å². The molecule has 3 aromatic carbocycles. The van der Waals surface area contributed by atoms with E-state index >= 15 is 0 Å². The predicted octanol–water partition coefficient (Wildman–Crippen LogP) is 4.76. The van der Waals surface area contributed by atoms with Gasteiger partial charge in [-0.05, 0) is 42.3 Å². The molecule has 1 heterocycles. The number of hydrogen-bond acceptors (Lipinski definition) is 4. The lowest BCUT2D eigenvalue weighted by Crippen LogP contribution is -2.29. The lowest BCUT2D eigenvalue weighted by molar-refractivity contribution is 0.0934. The van der Waals surface area contributed by atoms with Crippen LogP contribution in [0, 0.1) is 0 Å². The number of amides is 1. The van der Waals surface area contributed by atoms with Crippen molar-refractivity contribution in [3.8, 4) is 11.3 Å². The minimum atomic E-state index is -3.75. The van der Waals surface area contributed by atoms with Crippen LogP contribution in [-0.4, -0.2) is 24.3 Å². The first-order valence-electron chi connectivity index (χ1n) is 10.6. The number of benzene rings is 3. The van der Waals surface area contributed by atoms with Gasteiger partial charge in [0.05, 0.1) is 22.8 Å². The summed E-state index contributed by atoms with van der Waals surface area (Å²) in [5.41, 5.74) is 2.53. The Morgan fingerprint density at radius 3 is 2.36 bits per heavy atom. The van der Waals surface area contributed by atoms with E-state index in [1.165, 1.54) is 18.2 Å². The summed E-state index contributed by atoms with van der Waals surface area (Å²) >= 11 is 0. The van der Waals surface area contributed by atoms with Crippen molar-refractivity contribution >= 4 is 21.6 Å². The number of nitrogens with zero attached hydrogens (tertiary/aromatic N) is 1. The molecule has 3 N–H and O–H groups in total. The maximum atomic E-state index is 12.9. The SMILES string of the molecule is CCC(NC(=O)c1cccc(NS(=O)(=O)c2ccccc2)c1)c1ncc(-c2ccccc2)[nH]1. The smallest absolute Gasteiger partial charge is 0.261 e. The molecule has 1 unspecified atom stereocenters. The lowest BCUT2D eigenvalue weighted by atomic mass is 10.1. The van der Waals surface area contributed by atoms with Crippen LogP contribution in [0.2, 0.25) is 0 Å². The van der Waals surface area contributed by atoms with Crippen molar-refractivity contribution in [3.63, 3.8) is 0 Å². The summed E-state index contributed by atoms with van der Waals surface area (Å²) in [6.07, 6.45) is 2.38. The molecule has 8 heteroatoms. The summed E-state index contributed by atoms with van der Waals surface area (Å²) in [6, 6.07) is 24.0. The highest BCUT2D eigenvalue weighted by Gasteiger charge is 2.19. The van der Waals surface area contributed by atoms with Crippen LogP contribution in [0.5, 0.6) is 0 Å². The van der Waals surface area contributed by atoms with Crippen LogP contribution in [0.15, 0.2) is 96.0 Å². The number of rotatable bonds is 8. The van der Waals surface area contributed by atoms with Crippen LogP contribution >= 0.6 is 0 Å². The number of sulfonamides is 1. The molecule has 0 spiro atoms. The highest BCUT2D eigenvalue weighted by molar-refractivity contribution is 7.92. The molecule has 33 heavy (non-hydrogen) atoms. The normalized spacial score (nSPS) is 12.2. The largest absolute Gasteiger partial charge is 0.342 e. The van der Waals surface area contributed by atoms with E-state index in [1.807, 2.05) is 37.3 Å². The lowest BCUT2D eigenvalue weighted by Gasteiger charge is -2.15. The van der Waals surface area contributed by atoms with Crippen molar-refractivity contribution in [2.24, 2.45) is 0 Å².